The number of carbonyl (C=O) groups is 3. The molecule has 13 atom stereocenters. The van der Waals surface area contributed by atoms with E-state index < -0.39 is 80.0 Å². The first-order chi connectivity index (χ1) is 20.9. The summed E-state index contributed by atoms with van der Waals surface area (Å²) in [7, 11) is -1.50. The first-order valence-electron chi connectivity index (χ1n) is 15.8. The van der Waals surface area contributed by atoms with Crippen molar-refractivity contribution in [2.45, 2.75) is 128 Å². The van der Waals surface area contributed by atoms with Gasteiger partial charge < -0.3 is 43.5 Å². The molecule has 2 fully saturated rings. The van der Waals surface area contributed by atoms with Gasteiger partial charge in [0, 0.05) is 30.2 Å². The summed E-state index contributed by atoms with van der Waals surface area (Å²) in [4.78, 5) is 59.6. The number of epoxide rings is 1. The molecule has 0 amide bonds. The van der Waals surface area contributed by atoms with E-state index in [1.165, 1.54) is 6.08 Å². The van der Waals surface area contributed by atoms with E-state index in [2.05, 4.69) is 0 Å². The molecule has 0 radical (unpaired) electrons. The zero-order valence-corrected chi connectivity index (χ0v) is 31.5. The van der Waals surface area contributed by atoms with Gasteiger partial charge in [0.15, 0.2) is 12.1 Å². The maximum Gasteiger partial charge on any atom is 1.00 e. The maximum atomic E-state index is 13.3. The number of ether oxygens (including phenoxy) is 4. The molecular formula is C31H52NNaO12P+. The second-order valence-corrected chi connectivity index (χ2v) is 14.6. The van der Waals surface area contributed by atoms with E-state index in [-0.39, 0.29) is 66.6 Å². The van der Waals surface area contributed by atoms with Crippen molar-refractivity contribution in [3.8, 4) is 0 Å². The number of phosphoric acid groups is 1. The van der Waals surface area contributed by atoms with Gasteiger partial charge in [-0.15, -0.1) is 0 Å². The molecule has 0 aromatic heterocycles. The number of ketones is 1. The molecule has 13 nitrogen and oxygen atoms in total. The van der Waals surface area contributed by atoms with Crippen molar-refractivity contribution >= 4 is 25.9 Å². The van der Waals surface area contributed by atoms with Crippen LogP contribution in [0.15, 0.2) is 12.2 Å². The third-order valence-corrected chi connectivity index (χ3v) is 10.0. The number of allylic oxidation sites excluding steroid dienone is 1. The number of carbonyl (C=O) groups excluding carboxylic acids is 3. The summed E-state index contributed by atoms with van der Waals surface area (Å²) in [5.74, 6) is -2.94. The Balaban J connectivity index is 0.00000736. The summed E-state index contributed by atoms with van der Waals surface area (Å²) < 4.78 is 41.5. The molecule has 0 spiro atoms. The topological polar surface area (TPSA) is 182 Å². The van der Waals surface area contributed by atoms with Crippen LogP contribution >= 0.6 is 7.82 Å². The van der Waals surface area contributed by atoms with Crippen molar-refractivity contribution in [3.63, 3.8) is 0 Å². The molecule has 2 saturated heterocycles. The summed E-state index contributed by atoms with van der Waals surface area (Å²) in [6.07, 6.45) is -1.32. The summed E-state index contributed by atoms with van der Waals surface area (Å²) in [5.41, 5.74) is -0.695. The van der Waals surface area contributed by atoms with Crippen LogP contribution in [0.2, 0.25) is 0 Å². The molecule has 3 rings (SSSR count). The van der Waals surface area contributed by atoms with Crippen molar-refractivity contribution in [1.29, 1.82) is 0 Å². The van der Waals surface area contributed by atoms with Crippen LogP contribution in [0.25, 0.3) is 0 Å². The zero-order valence-electron chi connectivity index (χ0n) is 28.6. The molecule has 0 aromatic rings. The van der Waals surface area contributed by atoms with E-state index in [1.807, 2.05) is 20.8 Å². The van der Waals surface area contributed by atoms with E-state index in [0.717, 1.165) is 0 Å². The Hall–Kier alpha value is -0.540. The third-order valence-electron chi connectivity index (χ3n) is 9.52. The fourth-order valence-electron chi connectivity index (χ4n) is 6.75. The van der Waals surface area contributed by atoms with Crippen LogP contribution in [0.3, 0.4) is 0 Å². The van der Waals surface area contributed by atoms with E-state index in [4.69, 9.17) is 23.5 Å². The van der Waals surface area contributed by atoms with E-state index in [0.29, 0.717) is 19.1 Å². The van der Waals surface area contributed by atoms with Crippen molar-refractivity contribution in [2.24, 2.45) is 23.7 Å². The van der Waals surface area contributed by atoms with Gasteiger partial charge in [-0.25, -0.2) is 4.57 Å². The second-order valence-electron chi connectivity index (χ2n) is 13.4. The average Bonchev–Trinajstić information content (AvgIpc) is 3.63. The number of esters is 1. The fraction of sp³-hybridized carbons (Fsp3) is 0.839. The van der Waals surface area contributed by atoms with Crippen LogP contribution in [0.1, 0.15) is 73.6 Å². The quantitative estimate of drug-likeness (QED) is 0.101. The predicted molar refractivity (Wildman–Crippen MR) is 163 cm³/mol. The molecule has 15 heteroatoms. The third kappa shape index (κ3) is 11.0. The molecule has 0 aromatic carbocycles. The molecule has 0 bridgehead atoms. The number of likely N-dealkylation sites (N-methyl/N-ethyl adjacent to an activating group) is 1. The van der Waals surface area contributed by atoms with E-state index in [1.54, 1.807) is 45.8 Å². The largest absolute Gasteiger partial charge is 1.00 e. The Labute approximate surface area is 294 Å². The van der Waals surface area contributed by atoms with Crippen LogP contribution < -0.4 is 29.6 Å². The van der Waals surface area contributed by atoms with Crippen LogP contribution in [0, 0.1) is 23.7 Å². The SMILES string of the molecule is CCC1OC(=O)CC(O)C(C)C(O[C@@H]2O[C@H](C)C[C@H](N(C)C)[C@H]2OP(=O)(O)O)C(CC=O)CC(C)C(=O)/C=C/C2(C)OC2C1C.[Na+]. The minimum absolute atomic E-state index is 0. The summed E-state index contributed by atoms with van der Waals surface area (Å²) in [5, 5.41) is 11.4. The summed E-state index contributed by atoms with van der Waals surface area (Å²) in [6, 6.07) is -0.509. The van der Waals surface area contributed by atoms with Crippen LogP contribution in [0.5, 0.6) is 0 Å². The minimum atomic E-state index is -5.00. The number of fused-ring (bicyclic) bond motifs is 1. The average molecular weight is 685 g/mol. The maximum absolute atomic E-state index is 13.3. The number of cyclic esters (lactones) is 1. The van der Waals surface area contributed by atoms with Gasteiger partial charge in [0.25, 0.3) is 0 Å². The molecule has 3 heterocycles. The molecule has 258 valence electrons. The van der Waals surface area contributed by atoms with Gasteiger partial charge in [-0.3, -0.25) is 14.1 Å². The van der Waals surface area contributed by atoms with Crippen LogP contribution in [-0.2, 0) is 42.4 Å². The van der Waals surface area contributed by atoms with Crippen molar-refractivity contribution < 1.29 is 86.9 Å². The van der Waals surface area contributed by atoms with Crippen LogP contribution in [-0.4, -0.2) is 106 Å². The smallest absolute Gasteiger partial charge is 0.462 e. The van der Waals surface area contributed by atoms with Gasteiger partial charge >= 0.3 is 43.3 Å². The van der Waals surface area contributed by atoms with Crippen molar-refractivity contribution in [1.82, 2.24) is 4.90 Å². The molecule has 0 aliphatic carbocycles. The van der Waals surface area contributed by atoms with Gasteiger partial charge in [0.2, 0.25) is 0 Å². The van der Waals surface area contributed by atoms with Crippen molar-refractivity contribution in [3.05, 3.63) is 12.2 Å². The number of phosphoric ester groups is 1. The number of hydrogen-bond donors (Lipinski definition) is 3. The monoisotopic (exact) mass is 684 g/mol. The Kier molecular flexibility index (Phi) is 15.8. The second kappa shape index (κ2) is 17.4. The first-order valence-corrected chi connectivity index (χ1v) is 17.4. The number of aliphatic hydroxyl groups excluding tert-OH is 1. The standard InChI is InChI=1S/C31H52NO12P.Na/c1-9-25-20(5)29-31(6,43-29)12-10-23(34)17(2)14-21(11-13-33)27(19(4)24(35)16-26(36)41-25)42-30-28(44-45(37,38)39)22(32(7)8)15-18(3)40-30;/h10,12-13,17-22,24-25,27-30,35H,9,11,14-16H2,1-8H3,(H2,37,38,39);/q;+1/b12-10+;/t17?,18-,19?,20?,21?,22+,24?,25?,27?,28-,29?,30+,31?;/m1./s1. The van der Waals surface area contributed by atoms with Gasteiger partial charge in [-0.05, 0) is 65.3 Å². The molecule has 3 aliphatic rings. The number of rotatable bonds is 8. The number of aliphatic hydroxyl groups is 1. The van der Waals surface area contributed by atoms with Gasteiger partial charge in [0.05, 0.1) is 30.8 Å². The normalized spacial score (nSPS) is 42.0. The summed E-state index contributed by atoms with van der Waals surface area (Å²) in [6.45, 7) is 10.9. The van der Waals surface area contributed by atoms with Gasteiger partial charge in [0.1, 0.15) is 24.1 Å². The van der Waals surface area contributed by atoms with Crippen LogP contribution in [0.4, 0.5) is 0 Å². The Bertz CT molecular complexity index is 1120. The van der Waals surface area contributed by atoms with E-state index in [9.17, 15) is 33.8 Å². The molecule has 0 saturated carbocycles. The molecular weight excluding hydrogens is 632 g/mol. The minimum Gasteiger partial charge on any atom is -0.462 e. The van der Waals surface area contributed by atoms with Gasteiger partial charge in [-0.1, -0.05) is 27.7 Å². The number of hydrogen-bond acceptors (Lipinski definition) is 11. The molecule has 46 heavy (non-hydrogen) atoms. The Morgan fingerprint density at radius 2 is 1.76 bits per heavy atom. The first kappa shape index (κ1) is 41.6. The molecule has 9 unspecified atom stereocenters. The van der Waals surface area contributed by atoms with Crippen molar-refractivity contribution in [2.75, 3.05) is 14.1 Å². The number of aldehydes is 1. The summed E-state index contributed by atoms with van der Waals surface area (Å²) >= 11 is 0. The Morgan fingerprint density at radius 3 is 2.33 bits per heavy atom. The number of nitrogens with zero attached hydrogens (tertiary/aromatic N) is 1. The Morgan fingerprint density at radius 1 is 1.11 bits per heavy atom. The van der Waals surface area contributed by atoms with Gasteiger partial charge in [-0.2, -0.15) is 0 Å². The van der Waals surface area contributed by atoms with E-state index >= 15 is 0 Å². The predicted octanol–water partition coefficient (Wildman–Crippen LogP) is -0.209. The fourth-order valence-corrected chi connectivity index (χ4v) is 7.31. The zero-order chi connectivity index (χ0) is 33.9. The molecule has 3 N–H and O–H groups in total. The molecule has 3 aliphatic heterocycles.